The van der Waals surface area contributed by atoms with Gasteiger partial charge in [-0.05, 0) is 24.1 Å². The molecule has 20 heavy (non-hydrogen) atoms. The summed E-state index contributed by atoms with van der Waals surface area (Å²) in [4.78, 5) is 10.6. The van der Waals surface area contributed by atoms with Crippen LogP contribution < -0.4 is 10.1 Å². The van der Waals surface area contributed by atoms with Crippen molar-refractivity contribution < 1.29 is 14.3 Å². The van der Waals surface area contributed by atoms with Crippen molar-refractivity contribution in [2.24, 2.45) is 0 Å². The number of benzene rings is 1. The van der Waals surface area contributed by atoms with E-state index in [-0.39, 0.29) is 12.0 Å². The lowest BCUT2D eigenvalue weighted by Gasteiger charge is -2.23. The van der Waals surface area contributed by atoms with E-state index in [1.807, 2.05) is 25.1 Å². The number of hydrogen-bond donors (Lipinski definition) is 1. The molecule has 0 radical (unpaired) electrons. The molecule has 0 spiro atoms. The van der Waals surface area contributed by atoms with Gasteiger partial charge in [0, 0.05) is 19.1 Å². The van der Waals surface area contributed by atoms with E-state index in [1.54, 1.807) is 7.11 Å². The maximum Gasteiger partial charge on any atom is 0.207 e. The van der Waals surface area contributed by atoms with Crippen LogP contribution in [0.3, 0.4) is 0 Å². The topological polar surface area (TPSA) is 47.6 Å². The molecule has 0 aromatic heterocycles. The Morgan fingerprint density at radius 3 is 2.75 bits per heavy atom. The third-order valence-corrected chi connectivity index (χ3v) is 3.66. The predicted molar refractivity (Wildman–Crippen MR) is 80.5 cm³/mol. The van der Waals surface area contributed by atoms with Crippen LogP contribution >= 0.6 is 11.6 Å². The zero-order chi connectivity index (χ0) is 15.0. The summed E-state index contributed by atoms with van der Waals surface area (Å²) in [7, 11) is 1.63. The number of amides is 1. The first-order chi connectivity index (χ1) is 9.63. The molecule has 0 bridgehead atoms. The van der Waals surface area contributed by atoms with Gasteiger partial charge in [-0.15, -0.1) is 0 Å². The molecule has 1 amide bonds. The van der Waals surface area contributed by atoms with Gasteiger partial charge in [-0.1, -0.05) is 31.5 Å². The van der Waals surface area contributed by atoms with Gasteiger partial charge in [0.1, 0.15) is 12.4 Å². The summed E-state index contributed by atoms with van der Waals surface area (Å²) in [5, 5.41) is 3.42. The minimum atomic E-state index is 0.0977. The van der Waals surface area contributed by atoms with Crippen LogP contribution in [0.4, 0.5) is 0 Å². The van der Waals surface area contributed by atoms with Crippen molar-refractivity contribution in [2.75, 3.05) is 20.3 Å². The van der Waals surface area contributed by atoms with Crippen LogP contribution in [0.25, 0.3) is 0 Å². The molecule has 0 heterocycles. The van der Waals surface area contributed by atoms with E-state index in [9.17, 15) is 4.79 Å². The highest BCUT2D eigenvalue weighted by Gasteiger charge is 2.17. The third kappa shape index (κ3) is 4.69. The molecule has 1 N–H and O–H groups in total. The van der Waals surface area contributed by atoms with Gasteiger partial charge in [0.15, 0.2) is 0 Å². The van der Waals surface area contributed by atoms with Gasteiger partial charge in [0.05, 0.1) is 11.6 Å². The molecular weight excluding hydrogens is 278 g/mol. The zero-order valence-corrected chi connectivity index (χ0v) is 12.9. The van der Waals surface area contributed by atoms with Crippen LogP contribution in [-0.4, -0.2) is 32.8 Å². The van der Waals surface area contributed by atoms with E-state index in [0.29, 0.717) is 24.0 Å². The second kappa shape index (κ2) is 8.82. The van der Waals surface area contributed by atoms with Crippen LogP contribution in [0.1, 0.15) is 31.7 Å². The number of hydrogen-bond acceptors (Lipinski definition) is 3. The fourth-order valence-electron chi connectivity index (χ4n) is 2.08. The molecule has 0 aliphatic rings. The summed E-state index contributed by atoms with van der Waals surface area (Å²) >= 11 is 6.12. The average molecular weight is 300 g/mol. The van der Waals surface area contributed by atoms with Gasteiger partial charge in [-0.3, -0.25) is 4.79 Å². The van der Waals surface area contributed by atoms with Crippen molar-refractivity contribution in [2.45, 2.75) is 32.2 Å². The maximum absolute atomic E-state index is 10.6. The molecule has 0 aliphatic heterocycles. The number of carbonyl (C=O) groups excluding carboxylic acids is 1. The van der Waals surface area contributed by atoms with Gasteiger partial charge in [-0.2, -0.15) is 0 Å². The average Bonchev–Trinajstić information content (AvgIpc) is 2.46. The minimum absolute atomic E-state index is 0.0977. The molecule has 4 nitrogen and oxygen atoms in total. The molecule has 1 aromatic rings. The van der Waals surface area contributed by atoms with Crippen molar-refractivity contribution in [1.82, 2.24) is 5.32 Å². The maximum atomic E-state index is 10.6. The Bertz CT molecular complexity index is 426. The van der Waals surface area contributed by atoms with Crippen molar-refractivity contribution in [3.63, 3.8) is 0 Å². The second-order valence-electron chi connectivity index (χ2n) is 4.62. The molecule has 0 aliphatic carbocycles. The lowest BCUT2D eigenvalue weighted by atomic mass is 9.91. The molecule has 1 rings (SSSR count). The fourth-order valence-corrected chi connectivity index (χ4v) is 2.26. The highest BCUT2D eigenvalue weighted by Crippen LogP contribution is 2.30. The number of carbonyl (C=O) groups is 1. The predicted octanol–water partition coefficient (Wildman–Crippen LogP) is 2.99. The van der Waals surface area contributed by atoms with E-state index in [0.717, 1.165) is 18.4 Å². The molecule has 0 saturated heterocycles. The van der Waals surface area contributed by atoms with Gasteiger partial charge in [0.2, 0.25) is 6.41 Å². The van der Waals surface area contributed by atoms with Crippen LogP contribution in [0.5, 0.6) is 5.75 Å². The Kier molecular flexibility index (Phi) is 7.41. The van der Waals surface area contributed by atoms with Crippen LogP contribution in [0.2, 0.25) is 5.02 Å². The van der Waals surface area contributed by atoms with Crippen molar-refractivity contribution >= 4 is 18.0 Å². The van der Waals surface area contributed by atoms with Crippen molar-refractivity contribution in [3.8, 4) is 5.75 Å². The summed E-state index contributed by atoms with van der Waals surface area (Å²) in [6.07, 6.45) is 1.61. The third-order valence-electron chi connectivity index (χ3n) is 3.35. The first-order valence-electron chi connectivity index (χ1n) is 6.74. The van der Waals surface area contributed by atoms with E-state index in [1.165, 1.54) is 0 Å². The Morgan fingerprint density at radius 2 is 2.15 bits per heavy atom. The van der Waals surface area contributed by atoms with Gasteiger partial charge in [0.25, 0.3) is 0 Å². The van der Waals surface area contributed by atoms with Crippen LogP contribution in [0.15, 0.2) is 18.2 Å². The SMILES string of the molecule is CC[C@H](NC=O)[C@@H](C)c1ccc(Cl)c(OCCOC)c1. The first-order valence-corrected chi connectivity index (χ1v) is 7.12. The summed E-state index contributed by atoms with van der Waals surface area (Å²) in [5.74, 6) is 0.835. The van der Waals surface area contributed by atoms with Crippen LogP contribution in [0, 0.1) is 0 Å². The summed E-state index contributed by atoms with van der Waals surface area (Å²) in [6, 6.07) is 5.81. The zero-order valence-electron chi connectivity index (χ0n) is 12.2. The Balaban J connectivity index is 2.84. The van der Waals surface area contributed by atoms with E-state index in [2.05, 4.69) is 12.2 Å². The Morgan fingerprint density at radius 1 is 1.40 bits per heavy atom. The Labute approximate surface area is 125 Å². The molecule has 1 aromatic carbocycles. The van der Waals surface area contributed by atoms with Crippen molar-refractivity contribution in [1.29, 1.82) is 0 Å². The molecule has 0 unspecified atom stereocenters. The lowest BCUT2D eigenvalue weighted by Crippen LogP contribution is -2.32. The monoisotopic (exact) mass is 299 g/mol. The number of nitrogens with one attached hydrogen (secondary N) is 1. The quantitative estimate of drug-likeness (QED) is 0.563. The van der Waals surface area contributed by atoms with E-state index < -0.39 is 0 Å². The van der Waals surface area contributed by atoms with Gasteiger partial charge >= 0.3 is 0 Å². The molecule has 2 atom stereocenters. The Hall–Kier alpha value is -1.26. The molecular formula is C15H22ClNO3. The van der Waals surface area contributed by atoms with Gasteiger partial charge < -0.3 is 14.8 Å². The van der Waals surface area contributed by atoms with Crippen molar-refractivity contribution in [3.05, 3.63) is 28.8 Å². The molecule has 112 valence electrons. The first kappa shape index (κ1) is 16.8. The summed E-state index contributed by atoms with van der Waals surface area (Å²) in [6.45, 7) is 5.09. The number of rotatable bonds is 9. The van der Waals surface area contributed by atoms with E-state index >= 15 is 0 Å². The molecule has 0 fully saturated rings. The number of ether oxygens (including phenoxy) is 2. The lowest BCUT2D eigenvalue weighted by molar-refractivity contribution is -0.110. The molecule has 5 heteroatoms. The highest BCUT2D eigenvalue weighted by atomic mass is 35.5. The van der Waals surface area contributed by atoms with Crippen LogP contribution in [-0.2, 0) is 9.53 Å². The van der Waals surface area contributed by atoms with E-state index in [4.69, 9.17) is 21.1 Å². The molecule has 0 saturated carbocycles. The number of methoxy groups -OCH3 is 1. The summed E-state index contributed by atoms with van der Waals surface area (Å²) < 4.78 is 10.5. The highest BCUT2D eigenvalue weighted by molar-refractivity contribution is 6.32. The second-order valence-corrected chi connectivity index (χ2v) is 5.03. The smallest absolute Gasteiger partial charge is 0.207 e. The largest absolute Gasteiger partial charge is 0.490 e. The van der Waals surface area contributed by atoms with Gasteiger partial charge in [-0.25, -0.2) is 0 Å². The standard InChI is InChI=1S/C15H22ClNO3/c1-4-14(17-10-18)11(2)12-5-6-13(16)15(9-12)20-8-7-19-3/h5-6,9-11,14H,4,7-8H2,1-3H3,(H,17,18)/t11-,14-/m0/s1. The minimum Gasteiger partial charge on any atom is -0.490 e. The normalized spacial score (nSPS) is 13.6. The number of halogens is 1. The summed E-state index contributed by atoms with van der Waals surface area (Å²) in [5.41, 5.74) is 1.09. The fraction of sp³-hybridized carbons (Fsp3) is 0.533.